The number of amidine groups is 1. The molecule has 104 valence electrons. The molecular weight excluding hydrogens is 284 g/mol. The maximum Gasteiger partial charge on any atom is 0.258 e. The highest BCUT2D eigenvalue weighted by atomic mass is 32.2. The fourth-order valence-corrected chi connectivity index (χ4v) is 3.59. The van der Waals surface area contributed by atoms with Crippen LogP contribution in [0.3, 0.4) is 0 Å². The Bertz CT molecular complexity index is 877. The van der Waals surface area contributed by atoms with Gasteiger partial charge in [0, 0.05) is 11.6 Å². The Morgan fingerprint density at radius 3 is 2.95 bits per heavy atom. The van der Waals surface area contributed by atoms with E-state index in [1.807, 2.05) is 30.5 Å². The molecule has 21 heavy (non-hydrogen) atoms. The molecular formula is C15H12N4OS. The molecule has 1 atom stereocenters. The number of nitriles is 1. The van der Waals surface area contributed by atoms with Crippen molar-refractivity contribution in [3.8, 4) is 6.07 Å². The zero-order chi connectivity index (χ0) is 15.0. The second-order valence-electron chi connectivity index (χ2n) is 4.72. The smallest absolute Gasteiger partial charge is 0.258 e. The van der Waals surface area contributed by atoms with Gasteiger partial charge in [-0.3, -0.25) is 9.78 Å². The van der Waals surface area contributed by atoms with E-state index < -0.39 is 10.5 Å². The third-order valence-corrected chi connectivity index (χ3v) is 5.09. The third kappa shape index (κ3) is 2.43. The fraction of sp³-hybridized carbons (Fsp3) is 0.133. The van der Waals surface area contributed by atoms with E-state index in [2.05, 4.69) is 16.0 Å². The molecule has 0 saturated heterocycles. The number of nitrogens with two attached hydrogens (primary N) is 1. The molecule has 0 fully saturated rings. The first kappa shape index (κ1) is 13.5. The third-order valence-electron chi connectivity index (χ3n) is 3.34. The zero-order valence-electron chi connectivity index (χ0n) is 11.3. The van der Waals surface area contributed by atoms with Gasteiger partial charge in [-0.05, 0) is 35.6 Å². The van der Waals surface area contributed by atoms with Gasteiger partial charge in [0.2, 0.25) is 0 Å². The molecule has 1 unspecified atom stereocenters. The summed E-state index contributed by atoms with van der Waals surface area (Å²) in [5.74, 6) is 0.178. The highest BCUT2D eigenvalue weighted by Crippen LogP contribution is 2.24. The summed E-state index contributed by atoms with van der Waals surface area (Å²) in [7, 11) is -0.442. The van der Waals surface area contributed by atoms with E-state index in [4.69, 9.17) is 11.0 Å². The van der Waals surface area contributed by atoms with Crippen LogP contribution in [0.1, 0.15) is 16.7 Å². The van der Waals surface area contributed by atoms with Crippen molar-refractivity contribution >= 4 is 37.8 Å². The summed E-state index contributed by atoms with van der Waals surface area (Å²) in [6.45, 7) is 1.91. The molecule has 2 N–H and O–H groups in total. The summed E-state index contributed by atoms with van der Waals surface area (Å²) in [6, 6.07) is 7.95. The van der Waals surface area contributed by atoms with Crippen molar-refractivity contribution in [3.63, 3.8) is 0 Å². The first-order valence-electron chi connectivity index (χ1n) is 6.29. The van der Waals surface area contributed by atoms with E-state index in [-0.39, 0.29) is 5.91 Å². The van der Waals surface area contributed by atoms with Crippen LogP contribution in [0.25, 0.3) is 10.9 Å². The normalized spacial score (nSPS) is 18.0. The molecule has 0 saturated carbocycles. The second kappa shape index (κ2) is 5.11. The molecule has 5 nitrogen and oxygen atoms in total. The largest absolute Gasteiger partial charge is 0.379 e. The lowest BCUT2D eigenvalue weighted by molar-refractivity contribution is -0.115. The highest BCUT2D eigenvalue weighted by molar-refractivity contribution is 8.28. The van der Waals surface area contributed by atoms with E-state index in [0.29, 0.717) is 16.5 Å². The molecule has 0 aliphatic carbocycles. The van der Waals surface area contributed by atoms with Gasteiger partial charge in [-0.2, -0.15) is 10.3 Å². The molecule has 1 aromatic heterocycles. The minimum Gasteiger partial charge on any atom is -0.379 e. The van der Waals surface area contributed by atoms with E-state index in [9.17, 15) is 4.79 Å². The summed E-state index contributed by atoms with van der Waals surface area (Å²) in [5.41, 5.74) is 9.04. The number of carbonyl (C=O) groups is 1. The number of benzene rings is 1. The number of nitrogens with zero attached hydrogens (tertiary/aromatic N) is 3. The summed E-state index contributed by atoms with van der Waals surface area (Å²) >= 11 is 0. The minimum absolute atomic E-state index is 0.169. The maximum atomic E-state index is 11.3. The Kier molecular flexibility index (Phi) is 3.28. The lowest BCUT2D eigenvalue weighted by atomic mass is 10.0. The quantitative estimate of drug-likeness (QED) is 0.810. The van der Waals surface area contributed by atoms with Crippen LogP contribution < -0.4 is 5.73 Å². The van der Waals surface area contributed by atoms with E-state index in [1.165, 1.54) is 0 Å². The van der Waals surface area contributed by atoms with Gasteiger partial charge in [0.1, 0.15) is 6.07 Å². The average molecular weight is 296 g/mol. The topological polar surface area (TPSA) is 92.1 Å². The molecule has 1 amide bonds. The molecule has 6 heteroatoms. The fourth-order valence-electron chi connectivity index (χ4n) is 2.22. The lowest BCUT2D eigenvalue weighted by Gasteiger charge is -2.05. The van der Waals surface area contributed by atoms with Crippen molar-refractivity contribution in [1.29, 1.82) is 5.26 Å². The van der Waals surface area contributed by atoms with Crippen molar-refractivity contribution in [1.82, 2.24) is 4.98 Å². The van der Waals surface area contributed by atoms with Crippen LogP contribution in [0.5, 0.6) is 0 Å². The lowest BCUT2D eigenvalue weighted by Crippen LogP contribution is -2.06. The predicted octanol–water partition coefficient (Wildman–Crippen LogP) is 1.69. The molecule has 0 spiro atoms. The van der Waals surface area contributed by atoms with Crippen molar-refractivity contribution in [2.75, 3.05) is 5.75 Å². The Balaban J connectivity index is 2.12. The predicted molar refractivity (Wildman–Crippen MR) is 85.4 cm³/mol. The van der Waals surface area contributed by atoms with E-state index in [1.54, 1.807) is 6.20 Å². The number of aromatic nitrogens is 1. The molecule has 1 aliphatic rings. The molecule has 0 bridgehead atoms. The standard InChI is InChI=1S/C15H12N4OS/c1-9-11(5-16)6-18-13-3-2-10(4-12(9)13)7-21-8-14(20)19-15(21)17/h2-4,6-7H,8H2,1H3,(H2,17,19,20). The maximum absolute atomic E-state index is 11.3. The zero-order valence-corrected chi connectivity index (χ0v) is 12.1. The number of aryl methyl sites for hydroxylation is 1. The van der Waals surface area contributed by atoms with Gasteiger partial charge < -0.3 is 5.73 Å². The number of hydrogen-bond acceptors (Lipinski definition) is 4. The molecule has 2 aromatic rings. The van der Waals surface area contributed by atoms with Crippen LogP contribution in [0.2, 0.25) is 0 Å². The van der Waals surface area contributed by atoms with Gasteiger partial charge >= 0.3 is 0 Å². The van der Waals surface area contributed by atoms with Gasteiger partial charge in [-0.15, -0.1) is 10.5 Å². The van der Waals surface area contributed by atoms with Gasteiger partial charge in [-0.25, -0.2) is 0 Å². The monoisotopic (exact) mass is 296 g/mol. The van der Waals surface area contributed by atoms with Gasteiger partial charge in [0.05, 0.1) is 16.8 Å². The summed E-state index contributed by atoms with van der Waals surface area (Å²) < 4.78 is 0. The van der Waals surface area contributed by atoms with Gasteiger partial charge in [0.25, 0.3) is 5.91 Å². The van der Waals surface area contributed by atoms with Crippen LogP contribution in [0.4, 0.5) is 0 Å². The number of rotatable bonds is 1. The number of pyridine rings is 1. The minimum atomic E-state index is -0.442. The molecule has 3 rings (SSSR count). The Morgan fingerprint density at radius 2 is 2.29 bits per heavy atom. The summed E-state index contributed by atoms with van der Waals surface area (Å²) in [4.78, 5) is 19.3. The SMILES string of the molecule is Cc1c(C#N)cnc2ccc(C=S3CC(=O)N=C3N)cc12. The Hall–Kier alpha value is -2.52. The van der Waals surface area contributed by atoms with Crippen LogP contribution in [0.15, 0.2) is 29.4 Å². The number of aliphatic imine (C=N–C) groups is 1. The van der Waals surface area contributed by atoms with Crippen LogP contribution in [0, 0.1) is 18.3 Å². The number of hydrogen-bond donors (Lipinski definition) is 1. The van der Waals surface area contributed by atoms with Crippen molar-refractivity contribution in [3.05, 3.63) is 41.1 Å². The number of carbonyl (C=O) groups excluding carboxylic acids is 1. The summed E-state index contributed by atoms with van der Waals surface area (Å²) in [5, 5.41) is 12.4. The Morgan fingerprint density at radius 1 is 1.48 bits per heavy atom. The van der Waals surface area contributed by atoms with Crippen molar-refractivity contribution in [2.45, 2.75) is 6.92 Å². The first-order chi connectivity index (χ1) is 10.1. The van der Waals surface area contributed by atoms with E-state index in [0.717, 1.165) is 22.0 Å². The van der Waals surface area contributed by atoms with Crippen molar-refractivity contribution in [2.24, 2.45) is 10.7 Å². The highest BCUT2D eigenvalue weighted by Gasteiger charge is 2.16. The van der Waals surface area contributed by atoms with Crippen LogP contribution >= 0.6 is 10.5 Å². The van der Waals surface area contributed by atoms with Crippen LogP contribution in [-0.2, 0) is 4.79 Å². The average Bonchev–Trinajstić information content (AvgIpc) is 2.78. The molecule has 2 heterocycles. The molecule has 1 aromatic carbocycles. The van der Waals surface area contributed by atoms with E-state index >= 15 is 0 Å². The van der Waals surface area contributed by atoms with Gasteiger partial charge in [-0.1, -0.05) is 6.07 Å². The van der Waals surface area contributed by atoms with Gasteiger partial charge in [0.15, 0.2) is 5.17 Å². The number of fused-ring (bicyclic) bond motifs is 1. The number of amides is 1. The van der Waals surface area contributed by atoms with Crippen molar-refractivity contribution < 1.29 is 4.79 Å². The Labute approximate surface area is 124 Å². The summed E-state index contributed by atoms with van der Waals surface area (Å²) in [6.07, 6.45) is 1.59. The second-order valence-corrected chi connectivity index (χ2v) is 6.52. The molecule has 1 aliphatic heterocycles. The molecule has 0 radical (unpaired) electrons. The first-order valence-corrected chi connectivity index (χ1v) is 7.75. The van der Waals surface area contributed by atoms with Crippen LogP contribution in [-0.4, -0.2) is 27.2 Å².